The first-order chi connectivity index (χ1) is 8.36. The lowest BCUT2D eigenvalue weighted by Crippen LogP contribution is -2.03. The van der Waals surface area contributed by atoms with E-state index in [9.17, 15) is 18.3 Å². The Kier molecular flexibility index (Phi) is 3.03. The smallest absolute Gasteiger partial charge is 0.416 e. The molecule has 4 heteroatoms. The van der Waals surface area contributed by atoms with Gasteiger partial charge in [0.1, 0.15) is 5.75 Å². The predicted octanol–water partition coefficient (Wildman–Crippen LogP) is 4.39. The van der Waals surface area contributed by atoms with Crippen LogP contribution in [0.1, 0.15) is 11.1 Å². The molecule has 1 N–H and O–H groups in total. The number of hydrogen-bond donors (Lipinski definition) is 1. The Morgan fingerprint density at radius 1 is 0.889 bits per heavy atom. The van der Waals surface area contributed by atoms with Gasteiger partial charge in [0.05, 0.1) is 5.56 Å². The highest BCUT2D eigenvalue weighted by molar-refractivity contribution is 5.66. The topological polar surface area (TPSA) is 20.2 Å². The van der Waals surface area contributed by atoms with E-state index in [1.165, 1.54) is 18.2 Å². The van der Waals surface area contributed by atoms with E-state index in [4.69, 9.17) is 0 Å². The van der Waals surface area contributed by atoms with Crippen molar-refractivity contribution in [3.8, 4) is 16.9 Å². The van der Waals surface area contributed by atoms with E-state index >= 15 is 0 Å². The van der Waals surface area contributed by atoms with Crippen LogP contribution in [0.3, 0.4) is 0 Å². The normalized spacial score (nSPS) is 11.6. The standard InChI is InChI=1S/C14H11F3O/c1-9-6-11(8-13(18)7-9)10-2-4-12(5-3-10)14(15,16)17/h2-8,18H,1H3. The van der Waals surface area contributed by atoms with Gasteiger partial charge in [0.2, 0.25) is 0 Å². The molecule has 0 amide bonds. The summed E-state index contributed by atoms with van der Waals surface area (Å²) in [5.74, 6) is 0.102. The molecule has 0 saturated heterocycles. The minimum Gasteiger partial charge on any atom is -0.508 e. The van der Waals surface area contributed by atoms with Crippen molar-refractivity contribution in [2.45, 2.75) is 13.1 Å². The largest absolute Gasteiger partial charge is 0.508 e. The molecule has 1 nitrogen and oxygen atoms in total. The van der Waals surface area contributed by atoms with Crippen LogP contribution in [0.15, 0.2) is 42.5 Å². The van der Waals surface area contributed by atoms with Crippen LogP contribution in [-0.4, -0.2) is 5.11 Å². The zero-order valence-electron chi connectivity index (χ0n) is 9.62. The lowest BCUT2D eigenvalue weighted by atomic mass is 10.0. The zero-order chi connectivity index (χ0) is 13.3. The Morgan fingerprint density at radius 3 is 2.00 bits per heavy atom. The second-order valence-corrected chi connectivity index (χ2v) is 4.13. The fourth-order valence-electron chi connectivity index (χ4n) is 1.78. The van der Waals surface area contributed by atoms with Crippen LogP contribution in [0.2, 0.25) is 0 Å². The van der Waals surface area contributed by atoms with Gasteiger partial charge in [-0.3, -0.25) is 0 Å². The number of hydrogen-bond acceptors (Lipinski definition) is 1. The molecule has 0 saturated carbocycles. The second-order valence-electron chi connectivity index (χ2n) is 4.13. The van der Waals surface area contributed by atoms with Crippen LogP contribution in [-0.2, 0) is 6.18 Å². The number of aromatic hydroxyl groups is 1. The van der Waals surface area contributed by atoms with Crippen LogP contribution < -0.4 is 0 Å². The van der Waals surface area contributed by atoms with Gasteiger partial charge in [-0.2, -0.15) is 13.2 Å². The minimum atomic E-state index is -4.33. The van der Waals surface area contributed by atoms with Crippen molar-refractivity contribution in [3.63, 3.8) is 0 Å². The number of benzene rings is 2. The van der Waals surface area contributed by atoms with Crippen molar-refractivity contribution in [2.24, 2.45) is 0 Å². The summed E-state index contributed by atoms with van der Waals surface area (Å²) in [5, 5.41) is 9.46. The number of halogens is 3. The summed E-state index contributed by atoms with van der Waals surface area (Å²) in [6.45, 7) is 1.81. The van der Waals surface area contributed by atoms with Crippen LogP contribution in [0.25, 0.3) is 11.1 Å². The van der Waals surface area contributed by atoms with E-state index in [0.717, 1.165) is 17.7 Å². The maximum atomic E-state index is 12.4. The van der Waals surface area contributed by atoms with Gasteiger partial charge in [-0.15, -0.1) is 0 Å². The maximum Gasteiger partial charge on any atom is 0.416 e. The summed E-state index contributed by atoms with van der Waals surface area (Å²) in [7, 11) is 0. The summed E-state index contributed by atoms with van der Waals surface area (Å²) in [5.41, 5.74) is 1.51. The lowest BCUT2D eigenvalue weighted by molar-refractivity contribution is -0.137. The number of alkyl halides is 3. The summed E-state index contributed by atoms with van der Waals surface area (Å²) >= 11 is 0. The molecule has 0 radical (unpaired) electrons. The van der Waals surface area contributed by atoms with Crippen LogP contribution >= 0.6 is 0 Å². The Balaban J connectivity index is 2.40. The van der Waals surface area contributed by atoms with Crippen molar-refractivity contribution in [1.29, 1.82) is 0 Å². The molecular formula is C14H11F3O. The van der Waals surface area contributed by atoms with Crippen molar-refractivity contribution >= 4 is 0 Å². The first-order valence-corrected chi connectivity index (χ1v) is 5.34. The third-order valence-corrected chi connectivity index (χ3v) is 2.61. The van der Waals surface area contributed by atoms with Gasteiger partial charge in [-0.25, -0.2) is 0 Å². The Hall–Kier alpha value is -1.97. The fraction of sp³-hybridized carbons (Fsp3) is 0.143. The van der Waals surface area contributed by atoms with E-state index in [1.807, 2.05) is 13.0 Å². The quantitative estimate of drug-likeness (QED) is 0.798. The summed E-state index contributed by atoms with van der Waals surface area (Å²) in [6.07, 6.45) is -4.33. The van der Waals surface area contributed by atoms with Gasteiger partial charge < -0.3 is 5.11 Å². The first kappa shape index (κ1) is 12.5. The van der Waals surface area contributed by atoms with Gasteiger partial charge in [0.15, 0.2) is 0 Å². The third kappa shape index (κ3) is 2.64. The van der Waals surface area contributed by atoms with E-state index in [1.54, 1.807) is 6.07 Å². The summed E-state index contributed by atoms with van der Waals surface area (Å²) in [4.78, 5) is 0. The fourth-order valence-corrected chi connectivity index (χ4v) is 1.78. The van der Waals surface area contributed by atoms with Gasteiger partial charge in [0.25, 0.3) is 0 Å². The molecule has 94 valence electrons. The second kappa shape index (κ2) is 4.37. The monoisotopic (exact) mass is 252 g/mol. The van der Waals surface area contributed by atoms with Crippen molar-refractivity contribution in [1.82, 2.24) is 0 Å². The third-order valence-electron chi connectivity index (χ3n) is 2.61. The van der Waals surface area contributed by atoms with Gasteiger partial charge >= 0.3 is 6.18 Å². The molecule has 0 aromatic heterocycles. The average molecular weight is 252 g/mol. The molecule has 0 bridgehead atoms. The number of phenols is 1. The van der Waals surface area contributed by atoms with Gasteiger partial charge in [-0.1, -0.05) is 18.2 Å². The molecular weight excluding hydrogens is 241 g/mol. The number of phenolic OH excluding ortho intramolecular Hbond substituents is 1. The first-order valence-electron chi connectivity index (χ1n) is 5.34. The number of aryl methyl sites for hydroxylation is 1. The molecule has 0 fully saturated rings. The Morgan fingerprint density at radius 2 is 1.50 bits per heavy atom. The Bertz CT molecular complexity index is 536. The van der Waals surface area contributed by atoms with Crippen molar-refractivity contribution in [2.75, 3.05) is 0 Å². The highest BCUT2D eigenvalue weighted by atomic mass is 19.4. The molecule has 0 heterocycles. The molecule has 18 heavy (non-hydrogen) atoms. The van der Waals surface area contributed by atoms with Gasteiger partial charge in [-0.05, 0) is 47.9 Å². The van der Waals surface area contributed by atoms with E-state index in [0.29, 0.717) is 11.1 Å². The highest BCUT2D eigenvalue weighted by Crippen LogP contribution is 2.31. The molecule has 0 aliphatic heterocycles. The summed E-state index contributed by atoms with van der Waals surface area (Å²) in [6, 6.07) is 9.79. The minimum absolute atomic E-state index is 0.102. The molecule has 2 aromatic rings. The maximum absolute atomic E-state index is 12.4. The van der Waals surface area contributed by atoms with Crippen LogP contribution in [0.5, 0.6) is 5.75 Å². The van der Waals surface area contributed by atoms with E-state index in [2.05, 4.69) is 0 Å². The van der Waals surface area contributed by atoms with Crippen LogP contribution in [0, 0.1) is 6.92 Å². The molecule has 0 atom stereocenters. The van der Waals surface area contributed by atoms with E-state index < -0.39 is 11.7 Å². The van der Waals surface area contributed by atoms with E-state index in [-0.39, 0.29) is 5.75 Å². The molecule has 0 unspecified atom stereocenters. The SMILES string of the molecule is Cc1cc(O)cc(-c2ccc(C(F)(F)F)cc2)c1. The summed E-state index contributed by atoms with van der Waals surface area (Å²) < 4.78 is 37.2. The molecule has 0 aliphatic rings. The van der Waals surface area contributed by atoms with Crippen molar-refractivity contribution < 1.29 is 18.3 Å². The molecule has 0 spiro atoms. The zero-order valence-corrected chi connectivity index (χ0v) is 9.62. The van der Waals surface area contributed by atoms with Gasteiger partial charge in [0, 0.05) is 0 Å². The number of rotatable bonds is 1. The lowest BCUT2D eigenvalue weighted by Gasteiger charge is -2.08. The Labute approximate surface area is 103 Å². The van der Waals surface area contributed by atoms with Crippen molar-refractivity contribution in [3.05, 3.63) is 53.6 Å². The highest BCUT2D eigenvalue weighted by Gasteiger charge is 2.29. The van der Waals surface area contributed by atoms with Crippen LogP contribution in [0.4, 0.5) is 13.2 Å². The molecule has 2 rings (SSSR count). The molecule has 0 aliphatic carbocycles. The molecule has 2 aromatic carbocycles. The predicted molar refractivity (Wildman–Crippen MR) is 63.3 cm³/mol. The average Bonchev–Trinajstić information content (AvgIpc) is 2.27.